The summed E-state index contributed by atoms with van der Waals surface area (Å²) in [7, 11) is 1.25. The van der Waals surface area contributed by atoms with Gasteiger partial charge >= 0.3 is 29.8 Å². The molecule has 1 fully saturated rings. The van der Waals surface area contributed by atoms with Crippen molar-refractivity contribution in [2.24, 2.45) is 0 Å². The predicted octanol–water partition coefficient (Wildman–Crippen LogP) is 1.27. The van der Waals surface area contributed by atoms with Crippen LogP contribution >= 0.6 is 0 Å². The molecular weight excluding hydrogens is 440 g/mol. The third kappa shape index (κ3) is 7.01. The van der Waals surface area contributed by atoms with Crippen LogP contribution in [0.25, 0.3) is 0 Å². The van der Waals surface area contributed by atoms with Crippen LogP contribution in [0, 0.1) is 0 Å². The number of esters is 5. The van der Waals surface area contributed by atoms with Gasteiger partial charge in [0.1, 0.15) is 18.8 Å². The Labute approximate surface area is 190 Å². The summed E-state index contributed by atoms with van der Waals surface area (Å²) in [6.45, 7) is 4.32. The van der Waals surface area contributed by atoms with Gasteiger partial charge in [0.25, 0.3) is 0 Å². The molecule has 0 N–H and O–H groups in total. The molecule has 1 saturated heterocycles. The summed E-state index contributed by atoms with van der Waals surface area (Å²) in [5.74, 6) is -3.29. The Morgan fingerprint density at radius 2 is 1.27 bits per heavy atom. The van der Waals surface area contributed by atoms with E-state index in [1.165, 1.54) is 26.2 Å². The lowest BCUT2D eigenvalue weighted by molar-refractivity contribution is -0.254. The maximum Gasteiger partial charge on any atom is 0.337 e. The Morgan fingerprint density at radius 3 is 1.76 bits per heavy atom. The average Bonchev–Trinajstić information content (AvgIpc) is 2.73. The monoisotopic (exact) mass is 466 g/mol. The van der Waals surface area contributed by atoms with Crippen molar-refractivity contribution in [3.63, 3.8) is 0 Å². The van der Waals surface area contributed by atoms with Gasteiger partial charge in [-0.15, -0.1) is 0 Å². The summed E-state index contributed by atoms with van der Waals surface area (Å²) < 4.78 is 31.9. The number of carbonyl (C=O) groups is 5. The Bertz CT molecular complexity index is 892. The summed E-state index contributed by atoms with van der Waals surface area (Å²) >= 11 is 0. The molecule has 1 aromatic rings. The first-order valence-electron chi connectivity index (χ1n) is 10.0. The minimum atomic E-state index is -1.27. The van der Waals surface area contributed by atoms with Crippen LogP contribution in [0.2, 0.25) is 0 Å². The molecule has 0 amide bonds. The highest BCUT2D eigenvalue weighted by atomic mass is 16.7. The van der Waals surface area contributed by atoms with Crippen molar-refractivity contribution in [2.45, 2.75) is 58.2 Å². The number of methoxy groups -OCH3 is 1. The van der Waals surface area contributed by atoms with Gasteiger partial charge in [-0.3, -0.25) is 19.2 Å². The standard InChI is InChI=1S/C22H26O11/c1-11(23)29-10-17-19(30-12(2)24)21(32-14(4)26)20(31-13(3)25)18(33-17)15-6-8-16(9-7-15)22(27)28-5/h6-9,17-21H,10H2,1-5H3/t17-,18+,19-,20+,21+/m1/s1. The molecule has 1 aliphatic rings. The van der Waals surface area contributed by atoms with Crippen LogP contribution < -0.4 is 0 Å². The molecule has 2 rings (SSSR count). The number of rotatable bonds is 7. The Morgan fingerprint density at radius 1 is 0.758 bits per heavy atom. The van der Waals surface area contributed by atoms with Gasteiger partial charge in [0.2, 0.25) is 0 Å². The lowest BCUT2D eigenvalue weighted by Gasteiger charge is -2.44. The Kier molecular flexibility index (Phi) is 8.92. The largest absolute Gasteiger partial charge is 0.465 e. The van der Waals surface area contributed by atoms with Gasteiger partial charge in [-0.25, -0.2) is 4.79 Å². The second-order valence-corrected chi connectivity index (χ2v) is 7.23. The summed E-state index contributed by atoms with van der Waals surface area (Å²) in [4.78, 5) is 58.6. The first-order valence-corrected chi connectivity index (χ1v) is 10.0. The molecule has 0 spiro atoms. The third-order valence-corrected chi connectivity index (χ3v) is 4.65. The fourth-order valence-corrected chi connectivity index (χ4v) is 3.42. The highest BCUT2D eigenvalue weighted by Gasteiger charge is 2.52. The molecule has 180 valence electrons. The number of hydrogen-bond donors (Lipinski definition) is 0. The number of ether oxygens (including phenoxy) is 6. The molecule has 1 aromatic carbocycles. The molecule has 0 aliphatic carbocycles. The van der Waals surface area contributed by atoms with Crippen molar-refractivity contribution in [1.29, 1.82) is 0 Å². The normalized spacial score (nSPS) is 24.2. The molecular formula is C22H26O11. The van der Waals surface area contributed by atoms with Crippen molar-refractivity contribution in [2.75, 3.05) is 13.7 Å². The number of hydrogen-bond acceptors (Lipinski definition) is 11. The molecule has 0 bridgehead atoms. The zero-order valence-corrected chi connectivity index (χ0v) is 18.9. The zero-order chi connectivity index (χ0) is 24.7. The summed E-state index contributed by atoms with van der Waals surface area (Å²) in [5, 5.41) is 0. The molecule has 11 heteroatoms. The number of benzene rings is 1. The van der Waals surface area contributed by atoms with Gasteiger partial charge < -0.3 is 28.4 Å². The fraction of sp³-hybridized carbons (Fsp3) is 0.500. The van der Waals surface area contributed by atoms with Crippen LogP contribution in [0.3, 0.4) is 0 Å². The molecule has 1 aliphatic heterocycles. The van der Waals surface area contributed by atoms with E-state index in [0.29, 0.717) is 5.56 Å². The maximum absolute atomic E-state index is 11.9. The SMILES string of the molecule is COC(=O)c1ccc([C@@H]2O[C@H](COC(C)=O)[C@@H](OC(C)=O)[C@H](OC(C)=O)[C@H]2OC(C)=O)cc1. The molecule has 0 radical (unpaired) electrons. The average molecular weight is 466 g/mol. The molecule has 0 aromatic heterocycles. The molecule has 5 atom stereocenters. The van der Waals surface area contributed by atoms with Crippen LogP contribution in [0.4, 0.5) is 0 Å². The van der Waals surface area contributed by atoms with E-state index < -0.39 is 60.4 Å². The fourth-order valence-electron chi connectivity index (χ4n) is 3.42. The second-order valence-electron chi connectivity index (χ2n) is 7.23. The zero-order valence-electron chi connectivity index (χ0n) is 18.9. The van der Waals surface area contributed by atoms with Crippen LogP contribution in [-0.2, 0) is 47.6 Å². The van der Waals surface area contributed by atoms with E-state index in [2.05, 4.69) is 4.74 Å². The van der Waals surface area contributed by atoms with E-state index in [1.807, 2.05) is 0 Å². The van der Waals surface area contributed by atoms with Gasteiger partial charge in [0.15, 0.2) is 18.3 Å². The van der Waals surface area contributed by atoms with Gasteiger partial charge in [0, 0.05) is 27.7 Å². The smallest absolute Gasteiger partial charge is 0.337 e. The maximum atomic E-state index is 11.9. The minimum Gasteiger partial charge on any atom is -0.465 e. The van der Waals surface area contributed by atoms with Crippen LogP contribution in [0.15, 0.2) is 24.3 Å². The molecule has 1 heterocycles. The summed E-state index contributed by atoms with van der Waals surface area (Å²) in [5.41, 5.74) is 0.729. The van der Waals surface area contributed by atoms with Gasteiger partial charge in [-0.1, -0.05) is 12.1 Å². The van der Waals surface area contributed by atoms with Crippen molar-refractivity contribution in [1.82, 2.24) is 0 Å². The quantitative estimate of drug-likeness (QED) is 0.424. The summed E-state index contributed by atoms with van der Waals surface area (Å²) in [6.07, 6.45) is -5.79. The predicted molar refractivity (Wildman–Crippen MR) is 109 cm³/mol. The topological polar surface area (TPSA) is 141 Å². The first kappa shape index (κ1) is 25.8. The van der Waals surface area contributed by atoms with Crippen LogP contribution in [-0.4, -0.2) is 68.0 Å². The van der Waals surface area contributed by atoms with Crippen molar-refractivity contribution >= 4 is 29.8 Å². The molecule has 0 unspecified atom stereocenters. The Balaban J connectivity index is 2.53. The van der Waals surface area contributed by atoms with E-state index >= 15 is 0 Å². The second kappa shape index (κ2) is 11.4. The van der Waals surface area contributed by atoms with E-state index in [0.717, 1.165) is 20.8 Å². The van der Waals surface area contributed by atoms with Crippen molar-refractivity contribution < 1.29 is 52.4 Å². The lowest BCUT2D eigenvalue weighted by Crippen LogP contribution is -2.59. The molecule has 0 saturated carbocycles. The van der Waals surface area contributed by atoms with E-state index in [-0.39, 0.29) is 12.2 Å². The molecule has 11 nitrogen and oxygen atoms in total. The van der Waals surface area contributed by atoms with Crippen molar-refractivity contribution in [3.8, 4) is 0 Å². The van der Waals surface area contributed by atoms with Gasteiger partial charge in [0.05, 0.1) is 12.7 Å². The highest BCUT2D eigenvalue weighted by Crippen LogP contribution is 2.37. The van der Waals surface area contributed by atoms with Crippen molar-refractivity contribution in [3.05, 3.63) is 35.4 Å². The lowest BCUT2D eigenvalue weighted by atomic mass is 9.90. The van der Waals surface area contributed by atoms with Crippen LogP contribution in [0.5, 0.6) is 0 Å². The van der Waals surface area contributed by atoms with E-state index in [4.69, 9.17) is 23.7 Å². The van der Waals surface area contributed by atoms with E-state index in [1.54, 1.807) is 12.1 Å². The van der Waals surface area contributed by atoms with E-state index in [9.17, 15) is 24.0 Å². The van der Waals surface area contributed by atoms with Crippen LogP contribution in [0.1, 0.15) is 49.7 Å². The first-order chi connectivity index (χ1) is 15.5. The number of carbonyl (C=O) groups excluding carboxylic acids is 5. The highest BCUT2D eigenvalue weighted by molar-refractivity contribution is 5.89. The minimum absolute atomic E-state index is 0.270. The van der Waals surface area contributed by atoms with Gasteiger partial charge in [-0.2, -0.15) is 0 Å². The summed E-state index contributed by atoms with van der Waals surface area (Å²) in [6, 6.07) is 6.06. The van der Waals surface area contributed by atoms with Gasteiger partial charge in [-0.05, 0) is 17.7 Å². The molecule has 33 heavy (non-hydrogen) atoms. The third-order valence-electron chi connectivity index (χ3n) is 4.65. The Hall–Kier alpha value is -3.47.